The highest BCUT2D eigenvalue weighted by molar-refractivity contribution is 9.10. The van der Waals surface area contributed by atoms with Crippen LogP contribution in [0.15, 0.2) is 64.2 Å². The molecule has 0 radical (unpaired) electrons. The van der Waals surface area contributed by atoms with Gasteiger partial charge in [0.1, 0.15) is 0 Å². The third-order valence-electron chi connectivity index (χ3n) is 3.11. The van der Waals surface area contributed by atoms with E-state index in [1.54, 1.807) is 0 Å². The summed E-state index contributed by atoms with van der Waals surface area (Å²) >= 11 is 3.46. The first-order valence-corrected chi connectivity index (χ1v) is 6.76. The molecular formula is C15H13BrN2. The fourth-order valence-electron chi connectivity index (χ4n) is 2.21. The number of hydrogen-bond acceptors (Lipinski definition) is 2. The van der Waals surface area contributed by atoms with Crippen molar-refractivity contribution in [3.05, 3.63) is 64.6 Å². The van der Waals surface area contributed by atoms with Crippen LogP contribution in [0.5, 0.6) is 0 Å². The molecule has 1 aliphatic heterocycles. The maximum atomic E-state index is 4.49. The predicted octanol–water partition coefficient (Wildman–Crippen LogP) is 4.39. The van der Waals surface area contributed by atoms with E-state index in [1.807, 2.05) is 24.4 Å². The molecule has 2 aromatic carbocycles. The Hall–Kier alpha value is -1.61. The van der Waals surface area contributed by atoms with E-state index in [2.05, 4.69) is 62.4 Å². The van der Waals surface area contributed by atoms with E-state index in [0.717, 1.165) is 16.6 Å². The first-order valence-electron chi connectivity index (χ1n) is 5.97. The first-order chi connectivity index (χ1) is 8.84. The van der Waals surface area contributed by atoms with Gasteiger partial charge in [-0.15, -0.1) is 0 Å². The molecule has 1 unspecified atom stereocenters. The second kappa shape index (κ2) is 4.94. The third-order valence-corrected chi connectivity index (χ3v) is 3.63. The molecule has 0 aliphatic carbocycles. The Labute approximate surface area is 115 Å². The molecule has 18 heavy (non-hydrogen) atoms. The Bertz CT molecular complexity index is 548. The van der Waals surface area contributed by atoms with Crippen LogP contribution in [0.25, 0.3) is 0 Å². The van der Waals surface area contributed by atoms with Crippen molar-refractivity contribution in [2.45, 2.75) is 12.5 Å². The molecule has 0 saturated carbocycles. The van der Waals surface area contributed by atoms with Crippen molar-refractivity contribution in [1.82, 2.24) is 0 Å². The highest BCUT2D eigenvalue weighted by Gasteiger charge is 2.23. The number of hydrazone groups is 1. The van der Waals surface area contributed by atoms with Crippen molar-refractivity contribution in [3.8, 4) is 0 Å². The SMILES string of the molecule is Brc1ccc(N2N=CCC2c2ccccc2)cc1. The molecule has 1 heterocycles. The minimum Gasteiger partial charge on any atom is -0.258 e. The normalized spacial score (nSPS) is 18.3. The van der Waals surface area contributed by atoms with E-state index in [-0.39, 0.29) is 0 Å². The lowest BCUT2D eigenvalue weighted by atomic mass is 10.0. The lowest BCUT2D eigenvalue weighted by molar-refractivity contribution is 0.709. The number of benzene rings is 2. The molecule has 0 fully saturated rings. The molecule has 90 valence electrons. The number of hydrogen-bond donors (Lipinski definition) is 0. The average molecular weight is 301 g/mol. The molecule has 0 aromatic heterocycles. The monoisotopic (exact) mass is 300 g/mol. The lowest BCUT2D eigenvalue weighted by Crippen LogP contribution is -2.18. The lowest BCUT2D eigenvalue weighted by Gasteiger charge is -2.24. The molecule has 3 rings (SSSR count). The number of rotatable bonds is 2. The second-order valence-corrected chi connectivity index (χ2v) is 5.20. The van der Waals surface area contributed by atoms with Gasteiger partial charge < -0.3 is 0 Å². The maximum absolute atomic E-state index is 4.49. The van der Waals surface area contributed by atoms with Crippen molar-refractivity contribution in [2.75, 3.05) is 5.01 Å². The van der Waals surface area contributed by atoms with Gasteiger partial charge in [-0.2, -0.15) is 5.10 Å². The minimum atomic E-state index is 0.312. The average Bonchev–Trinajstić information content (AvgIpc) is 2.90. The Balaban J connectivity index is 1.91. The summed E-state index contributed by atoms with van der Waals surface area (Å²) in [6.07, 6.45) is 2.94. The molecule has 0 amide bonds. The molecule has 0 saturated heterocycles. The van der Waals surface area contributed by atoms with Gasteiger partial charge in [0, 0.05) is 17.1 Å². The van der Waals surface area contributed by atoms with Gasteiger partial charge in [-0.1, -0.05) is 46.3 Å². The van der Waals surface area contributed by atoms with Crippen molar-refractivity contribution in [3.63, 3.8) is 0 Å². The smallest absolute Gasteiger partial charge is 0.0825 e. The minimum absolute atomic E-state index is 0.312. The zero-order chi connectivity index (χ0) is 12.4. The summed E-state index contributed by atoms with van der Waals surface area (Å²) in [5.74, 6) is 0. The van der Waals surface area contributed by atoms with Crippen LogP contribution in [-0.2, 0) is 0 Å². The molecule has 2 aromatic rings. The summed E-state index contributed by atoms with van der Waals surface area (Å²) in [6, 6.07) is 19.1. The highest BCUT2D eigenvalue weighted by atomic mass is 79.9. The van der Waals surface area contributed by atoms with Gasteiger partial charge in [-0.25, -0.2) is 0 Å². The van der Waals surface area contributed by atoms with Crippen LogP contribution in [0.1, 0.15) is 18.0 Å². The van der Waals surface area contributed by atoms with Gasteiger partial charge in [0.15, 0.2) is 0 Å². The number of anilines is 1. The molecule has 3 heteroatoms. The summed E-state index contributed by atoms with van der Waals surface area (Å²) in [7, 11) is 0. The van der Waals surface area contributed by atoms with Crippen LogP contribution >= 0.6 is 15.9 Å². The van der Waals surface area contributed by atoms with Crippen molar-refractivity contribution >= 4 is 27.8 Å². The zero-order valence-electron chi connectivity index (χ0n) is 9.83. The summed E-state index contributed by atoms with van der Waals surface area (Å²) in [5.41, 5.74) is 2.43. The Morgan fingerprint density at radius 2 is 1.72 bits per heavy atom. The van der Waals surface area contributed by atoms with Crippen molar-refractivity contribution in [1.29, 1.82) is 0 Å². The molecule has 0 spiro atoms. The van der Waals surface area contributed by atoms with Gasteiger partial charge in [0.05, 0.1) is 11.7 Å². The number of halogens is 1. The van der Waals surface area contributed by atoms with E-state index in [4.69, 9.17) is 0 Å². The molecular weight excluding hydrogens is 288 g/mol. The van der Waals surface area contributed by atoms with Crippen molar-refractivity contribution in [2.24, 2.45) is 5.10 Å². The van der Waals surface area contributed by atoms with E-state index in [9.17, 15) is 0 Å². The second-order valence-electron chi connectivity index (χ2n) is 4.28. The molecule has 0 bridgehead atoms. The van der Waals surface area contributed by atoms with Crippen LogP contribution in [0.2, 0.25) is 0 Å². The summed E-state index contributed by atoms with van der Waals surface area (Å²) in [5, 5.41) is 6.57. The topological polar surface area (TPSA) is 15.6 Å². The fourth-order valence-corrected chi connectivity index (χ4v) is 2.47. The predicted molar refractivity (Wildman–Crippen MR) is 78.9 cm³/mol. The van der Waals surface area contributed by atoms with Crippen LogP contribution in [0.4, 0.5) is 5.69 Å². The summed E-state index contributed by atoms with van der Waals surface area (Å²) in [6.45, 7) is 0. The van der Waals surface area contributed by atoms with Gasteiger partial charge in [0.25, 0.3) is 0 Å². The van der Waals surface area contributed by atoms with Gasteiger partial charge in [-0.3, -0.25) is 5.01 Å². The van der Waals surface area contributed by atoms with E-state index in [0.29, 0.717) is 6.04 Å². The highest BCUT2D eigenvalue weighted by Crippen LogP contribution is 2.33. The zero-order valence-corrected chi connectivity index (χ0v) is 11.4. The molecule has 0 N–H and O–H groups in total. The Morgan fingerprint density at radius 3 is 2.44 bits per heavy atom. The van der Waals surface area contributed by atoms with Gasteiger partial charge >= 0.3 is 0 Å². The van der Waals surface area contributed by atoms with Crippen LogP contribution < -0.4 is 5.01 Å². The maximum Gasteiger partial charge on any atom is 0.0825 e. The van der Waals surface area contributed by atoms with E-state index < -0.39 is 0 Å². The summed E-state index contributed by atoms with van der Waals surface area (Å²) < 4.78 is 1.09. The third kappa shape index (κ3) is 2.18. The van der Waals surface area contributed by atoms with Gasteiger partial charge in [-0.05, 0) is 29.8 Å². The van der Waals surface area contributed by atoms with Gasteiger partial charge in [0.2, 0.25) is 0 Å². The molecule has 1 aliphatic rings. The van der Waals surface area contributed by atoms with E-state index in [1.165, 1.54) is 5.56 Å². The fraction of sp³-hybridized carbons (Fsp3) is 0.133. The van der Waals surface area contributed by atoms with Crippen molar-refractivity contribution < 1.29 is 0 Å². The first kappa shape index (κ1) is 11.5. The van der Waals surface area contributed by atoms with E-state index >= 15 is 0 Å². The molecule has 1 atom stereocenters. The number of nitrogens with zero attached hydrogens (tertiary/aromatic N) is 2. The van der Waals surface area contributed by atoms with Crippen LogP contribution in [0, 0.1) is 0 Å². The Kier molecular flexibility index (Phi) is 3.15. The quantitative estimate of drug-likeness (QED) is 0.803. The standard InChI is InChI=1S/C15H13BrN2/c16-13-6-8-14(9-7-13)18-15(10-11-17-18)12-4-2-1-3-5-12/h1-9,11,15H,10H2. The summed E-state index contributed by atoms with van der Waals surface area (Å²) in [4.78, 5) is 0. The Morgan fingerprint density at radius 1 is 1.00 bits per heavy atom. The van der Waals surface area contributed by atoms with Crippen LogP contribution in [-0.4, -0.2) is 6.21 Å². The molecule has 2 nitrogen and oxygen atoms in total. The van der Waals surface area contributed by atoms with Crippen LogP contribution in [0.3, 0.4) is 0 Å². The largest absolute Gasteiger partial charge is 0.258 e.